The van der Waals surface area contributed by atoms with Crippen molar-refractivity contribution < 1.29 is 9.47 Å². The second-order valence-electron chi connectivity index (χ2n) is 7.84. The summed E-state index contributed by atoms with van der Waals surface area (Å²) in [6.45, 7) is 6.07. The zero-order chi connectivity index (χ0) is 19.6. The minimum Gasteiger partial charge on any atom is -0.491 e. The molecule has 3 heterocycles. The van der Waals surface area contributed by atoms with Crippen molar-refractivity contribution >= 4 is 11.5 Å². The van der Waals surface area contributed by atoms with Crippen LogP contribution in [0.15, 0.2) is 35.6 Å². The van der Waals surface area contributed by atoms with Crippen molar-refractivity contribution in [3.8, 4) is 5.75 Å². The highest BCUT2D eigenvalue weighted by molar-refractivity contribution is 6.14. The Morgan fingerprint density at radius 1 is 1.03 bits per heavy atom. The molecule has 1 aliphatic carbocycles. The molecule has 1 aromatic carbocycles. The van der Waals surface area contributed by atoms with Crippen LogP contribution in [0.2, 0.25) is 0 Å². The van der Waals surface area contributed by atoms with E-state index in [-0.39, 0.29) is 0 Å². The average Bonchev–Trinajstić information content (AvgIpc) is 3.54. The number of benzene rings is 1. The maximum Gasteiger partial charge on any atom is 0.132 e. The fraction of sp³-hybridized carbons (Fsp3) is 0.500. The number of hydrogen-bond donors (Lipinski definition) is 0. The van der Waals surface area contributed by atoms with Gasteiger partial charge in [0.25, 0.3) is 0 Å². The molecule has 0 radical (unpaired) electrons. The van der Waals surface area contributed by atoms with Gasteiger partial charge in [0.15, 0.2) is 0 Å². The van der Waals surface area contributed by atoms with Crippen LogP contribution in [0.5, 0.6) is 5.75 Å². The first-order valence-corrected chi connectivity index (χ1v) is 10.4. The molecule has 1 saturated heterocycles. The van der Waals surface area contributed by atoms with Crippen molar-refractivity contribution in [1.82, 2.24) is 14.9 Å². The highest BCUT2D eigenvalue weighted by atomic mass is 16.5. The minimum atomic E-state index is 0.534. The van der Waals surface area contributed by atoms with Gasteiger partial charge in [0.2, 0.25) is 0 Å². The average molecular weight is 393 g/mol. The lowest BCUT2D eigenvalue weighted by molar-refractivity contribution is 0.146. The Bertz CT molecular complexity index is 904. The lowest BCUT2D eigenvalue weighted by atomic mass is 10.0. The van der Waals surface area contributed by atoms with Crippen LogP contribution in [-0.4, -0.2) is 73.1 Å². The van der Waals surface area contributed by atoms with E-state index in [0.717, 1.165) is 60.8 Å². The first kappa shape index (κ1) is 18.5. The fourth-order valence-corrected chi connectivity index (χ4v) is 4.12. The van der Waals surface area contributed by atoms with E-state index in [1.807, 2.05) is 6.07 Å². The number of rotatable bonds is 7. The van der Waals surface area contributed by atoms with E-state index in [1.165, 1.54) is 18.4 Å². The summed E-state index contributed by atoms with van der Waals surface area (Å²) in [6, 6.07) is 9.07. The summed E-state index contributed by atoms with van der Waals surface area (Å²) in [5, 5.41) is 0. The van der Waals surface area contributed by atoms with Gasteiger partial charge >= 0.3 is 0 Å². The predicted molar refractivity (Wildman–Crippen MR) is 112 cm³/mol. The van der Waals surface area contributed by atoms with E-state index < -0.39 is 0 Å². The zero-order valence-corrected chi connectivity index (χ0v) is 16.9. The molecule has 5 rings (SSSR count). The van der Waals surface area contributed by atoms with Crippen LogP contribution in [0.3, 0.4) is 0 Å². The summed E-state index contributed by atoms with van der Waals surface area (Å²) < 4.78 is 10.9. The van der Waals surface area contributed by atoms with Gasteiger partial charge in [0, 0.05) is 51.0 Å². The minimum absolute atomic E-state index is 0.534. The van der Waals surface area contributed by atoms with Crippen LogP contribution in [-0.2, 0) is 11.3 Å². The summed E-state index contributed by atoms with van der Waals surface area (Å²) >= 11 is 0. The molecular weight excluding hydrogens is 366 g/mol. The number of hydrogen-bond acceptors (Lipinski definition) is 7. The van der Waals surface area contributed by atoms with Gasteiger partial charge in [-0.15, -0.1) is 0 Å². The molecule has 0 unspecified atom stereocenters. The first-order chi connectivity index (χ1) is 14.3. The molecule has 0 amide bonds. The van der Waals surface area contributed by atoms with Gasteiger partial charge in [-0.25, -0.2) is 9.97 Å². The number of methoxy groups -OCH3 is 1. The van der Waals surface area contributed by atoms with E-state index in [0.29, 0.717) is 19.8 Å². The van der Waals surface area contributed by atoms with Crippen LogP contribution in [0, 0.1) is 0 Å². The lowest BCUT2D eigenvalue weighted by Crippen LogP contribution is -2.47. The number of aliphatic imine (C=N–C) groups is 1. The van der Waals surface area contributed by atoms with Crippen LogP contribution < -0.4 is 9.64 Å². The summed E-state index contributed by atoms with van der Waals surface area (Å²) in [5.41, 5.74) is 4.12. The topological polar surface area (TPSA) is 63.1 Å². The maximum absolute atomic E-state index is 5.78. The third-order valence-corrected chi connectivity index (χ3v) is 5.90. The molecule has 29 heavy (non-hydrogen) atoms. The lowest BCUT2D eigenvalue weighted by Gasteiger charge is -2.35. The summed E-state index contributed by atoms with van der Waals surface area (Å²) in [5.74, 6) is 1.83. The quantitative estimate of drug-likeness (QED) is 0.672. The van der Waals surface area contributed by atoms with Crippen molar-refractivity contribution in [2.24, 2.45) is 4.99 Å². The van der Waals surface area contributed by atoms with Crippen molar-refractivity contribution in [3.63, 3.8) is 0 Å². The molecule has 3 aliphatic rings. The first-order valence-electron chi connectivity index (χ1n) is 10.4. The van der Waals surface area contributed by atoms with Crippen molar-refractivity contribution in [3.05, 3.63) is 47.4 Å². The monoisotopic (exact) mass is 393 g/mol. The van der Waals surface area contributed by atoms with Crippen LogP contribution in [0.1, 0.15) is 29.7 Å². The van der Waals surface area contributed by atoms with E-state index >= 15 is 0 Å². The number of nitrogens with zero attached hydrogens (tertiary/aromatic N) is 5. The van der Waals surface area contributed by atoms with E-state index in [9.17, 15) is 0 Å². The Kier molecular flexibility index (Phi) is 5.16. The molecule has 0 bridgehead atoms. The smallest absolute Gasteiger partial charge is 0.132 e. The van der Waals surface area contributed by atoms with Gasteiger partial charge in [-0.1, -0.05) is 6.07 Å². The van der Waals surface area contributed by atoms with Crippen LogP contribution in [0.4, 0.5) is 5.82 Å². The maximum atomic E-state index is 5.78. The predicted octanol–water partition coefficient (Wildman–Crippen LogP) is 2.14. The van der Waals surface area contributed by atoms with Gasteiger partial charge in [-0.05, 0) is 30.5 Å². The number of fused-ring (bicyclic) bond motifs is 1. The number of aromatic nitrogens is 2. The van der Waals surface area contributed by atoms with Gasteiger partial charge in [-0.2, -0.15) is 0 Å². The molecule has 7 heteroatoms. The van der Waals surface area contributed by atoms with E-state index in [1.54, 1.807) is 13.4 Å². The fourth-order valence-electron chi connectivity index (χ4n) is 4.12. The molecule has 0 N–H and O–H groups in total. The molecule has 152 valence electrons. The third-order valence-electron chi connectivity index (χ3n) is 5.90. The third kappa shape index (κ3) is 3.97. The van der Waals surface area contributed by atoms with Gasteiger partial charge < -0.3 is 14.4 Å². The molecule has 0 spiro atoms. The van der Waals surface area contributed by atoms with Gasteiger partial charge in [0.1, 0.15) is 24.5 Å². The molecule has 2 aromatic rings. The summed E-state index contributed by atoms with van der Waals surface area (Å²) in [6.07, 6.45) is 4.40. The second-order valence-corrected chi connectivity index (χ2v) is 7.84. The molecule has 2 fully saturated rings. The normalized spacial score (nSPS) is 19.2. The molecule has 1 aromatic heterocycles. The van der Waals surface area contributed by atoms with Crippen molar-refractivity contribution in [2.45, 2.75) is 25.4 Å². The SMILES string of the molecule is COCCOc1ccc2c(c1)C(c1cc(N3CCN(C4CC4)CC3)ncn1)=NC2. The Hall–Kier alpha value is -2.51. The molecular formula is C22H27N5O2. The molecule has 7 nitrogen and oxygen atoms in total. The summed E-state index contributed by atoms with van der Waals surface area (Å²) in [7, 11) is 1.68. The zero-order valence-electron chi connectivity index (χ0n) is 16.9. The standard InChI is InChI=1S/C22H27N5O2/c1-28-10-11-29-18-5-2-16-14-23-22(19(16)12-18)20-13-21(25-15-24-20)27-8-6-26(7-9-27)17-3-4-17/h2,5,12-13,15,17H,3-4,6-11,14H2,1H3. The largest absolute Gasteiger partial charge is 0.491 e. The van der Waals surface area contributed by atoms with E-state index in [4.69, 9.17) is 14.5 Å². The Balaban J connectivity index is 1.32. The van der Waals surface area contributed by atoms with Gasteiger partial charge in [-0.3, -0.25) is 9.89 Å². The molecule has 0 atom stereocenters. The van der Waals surface area contributed by atoms with Crippen molar-refractivity contribution in [1.29, 1.82) is 0 Å². The number of ether oxygens (including phenoxy) is 2. The Morgan fingerprint density at radius 3 is 2.69 bits per heavy atom. The Labute approximate surface area is 171 Å². The Morgan fingerprint density at radius 2 is 1.90 bits per heavy atom. The highest BCUT2D eigenvalue weighted by Crippen LogP contribution is 2.29. The van der Waals surface area contributed by atoms with Crippen LogP contribution >= 0.6 is 0 Å². The van der Waals surface area contributed by atoms with E-state index in [2.05, 4.69) is 38.0 Å². The molecule has 1 saturated carbocycles. The van der Waals surface area contributed by atoms with Crippen molar-refractivity contribution in [2.75, 3.05) is 51.4 Å². The number of piperazine rings is 1. The second kappa shape index (κ2) is 8.08. The van der Waals surface area contributed by atoms with Gasteiger partial charge in [0.05, 0.1) is 24.6 Å². The molecule has 2 aliphatic heterocycles. The van der Waals surface area contributed by atoms with Crippen LogP contribution in [0.25, 0.3) is 0 Å². The summed E-state index contributed by atoms with van der Waals surface area (Å²) in [4.78, 5) is 18.8. The number of anilines is 1. The highest BCUT2D eigenvalue weighted by Gasteiger charge is 2.31.